The van der Waals surface area contributed by atoms with Gasteiger partial charge in [-0.05, 0) is 31.0 Å². The molecule has 0 N–H and O–H groups in total. The van der Waals surface area contributed by atoms with E-state index in [0.29, 0.717) is 28.4 Å². The quantitative estimate of drug-likeness (QED) is 0.775. The lowest BCUT2D eigenvalue weighted by molar-refractivity contribution is 0.373. The van der Waals surface area contributed by atoms with Crippen molar-refractivity contribution in [3.63, 3.8) is 0 Å². The molecule has 0 bridgehead atoms. The van der Waals surface area contributed by atoms with Crippen LogP contribution >= 0.6 is 11.6 Å². The summed E-state index contributed by atoms with van der Waals surface area (Å²) < 4.78 is 11.1. The highest BCUT2D eigenvalue weighted by Gasteiger charge is 2.09. The first-order valence-electron chi connectivity index (χ1n) is 6.48. The zero-order chi connectivity index (χ0) is 14.5. The maximum Gasteiger partial charge on any atom is 0.224 e. The Balaban J connectivity index is 2.29. The normalized spacial score (nSPS) is 10.4. The van der Waals surface area contributed by atoms with Crippen LogP contribution in [0.5, 0.6) is 17.4 Å². The maximum absolute atomic E-state index is 5.99. The molecule has 5 heteroatoms. The lowest BCUT2D eigenvalue weighted by Gasteiger charge is -2.11. The number of ether oxygens (including phenoxy) is 2. The summed E-state index contributed by atoms with van der Waals surface area (Å²) in [6, 6.07) is 7.31. The SMILES string of the molecule is CCCc1nc(Cl)cc(Oc2ccc(C)cc2OC)n1. The van der Waals surface area contributed by atoms with Crippen LogP contribution in [0.4, 0.5) is 0 Å². The van der Waals surface area contributed by atoms with Gasteiger partial charge in [-0.1, -0.05) is 24.6 Å². The van der Waals surface area contributed by atoms with Crippen molar-refractivity contribution < 1.29 is 9.47 Å². The number of benzene rings is 1. The van der Waals surface area contributed by atoms with Gasteiger partial charge in [-0.15, -0.1) is 0 Å². The Morgan fingerprint density at radius 1 is 1.15 bits per heavy atom. The van der Waals surface area contributed by atoms with Gasteiger partial charge in [0.1, 0.15) is 11.0 Å². The number of aryl methyl sites for hydroxylation is 2. The van der Waals surface area contributed by atoms with E-state index in [-0.39, 0.29) is 0 Å². The number of methoxy groups -OCH3 is 1. The average molecular weight is 293 g/mol. The number of hydrogen-bond acceptors (Lipinski definition) is 4. The van der Waals surface area contributed by atoms with Crippen molar-refractivity contribution in [3.8, 4) is 17.4 Å². The molecule has 4 nitrogen and oxygen atoms in total. The Morgan fingerprint density at radius 3 is 2.65 bits per heavy atom. The van der Waals surface area contributed by atoms with Gasteiger partial charge in [-0.3, -0.25) is 0 Å². The number of nitrogens with zero attached hydrogens (tertiary/aromatic N) is 2. The molecule has 1 aromatic heterocycles. The summed E-state index contributed by atoms with van der Waals surface area (Å²) in [5, 5.41) is 0.379. The fourth-order valence-corrected chi connectivity index (χ4v) is 1.99. The summed E-state index contributed by atoms with van der Waals surface area (Å²) in [5.74, 6) is 2.38. The van der Waals surface area contributed by atoms with Crippen LogP contribution in [0.2, 0.25) is 5.15 Å². The van der Waals surface area contributed by atoms with E-state index < -0.39 is 0 Å². The minimum atomic E-state index is 0.379. The molecule has 0 aliphatic carbocycles. The monoisotopic (exact) mass is 292 g/mol. The van der Waals surface area contributed by atoms with Crippen molar-refractivity contribution in [2.24, 2.45) is 0 Å². The Morgan fingerprint density at radius 2 is 1.95 bits per heavy atom. The molecule has 2 aromatic rings. The Kier molecular flexibility index (Phi) is 4.79. The first kappa shape index (κ1) is 14.6. The molecule has 20 heavy (non-hydrogen) atoms. The predicted octanol–water partition coefficient (Wildman–Crippen LogP) is 4.19. The van der Waals surface area contributed by atoms with Crippen LogP contribution in [0.1, 0.15) is 24.7 Å². The summed E-state index contributed by atoms with van der Waals surface area (Å²) in [7, 11) is 1.61. The van der Waals surface area contributed by atoms with Crippen LogP contribution in [0.3, 0.4) is 0 Å². The number of hydrogen-bond donors (Lipinski definition) is 0. The largest absolute Gasteiger partial charge is 0.493 e. The molecule has 0 aliphatic rings. The van der Waals surface area contributed by atoms with Crippen molar-refractivity contribution >= 4 is 11.6 Å². The van der Waals surface area contributed by atoms with Crippen LogP contribution < -0.4 is 9.47 Å². The zero-order valence-corrected chi connectivity index (χ0v) is 12.6. The molecule has 0 spiro atoms. The molecule has 0 fully saturated rings. The van der Waals surface area contributed by atoms with Gasteiger partial charge in [0.05, 0.1) is 7.11 Å². The van der Waals surface area contributed by atoms with Crippen molar-refractivity contribution in [2.75, 3.05) is 7.11 Å². The van der Waals surface area contributed by atoms with E-state index >= 15 is 0 Å². The Labute approximate surface area is 123 Å². The summed E-state index contributed by atoms with van der Waals surface area (Å²) in [4.78, 5) is 8.51. The van der Waals surface area contributed by atoms with Gasteiger partial charge in [-0.2, -0.15) is 4.98 Å². The lowest BCUT2D eigenvalue weighted by atomic mass is 10.2. The Bertz CT molecular complexity index is 602. The summed E-state index contributed by atoms with van der Waals surface area (Å²) in [5.41, 5.74) is 1.10. The molecule has 0 radical (unpaired) electrons. The third-order valence-electron chi connectivity index (χ3n) is 2.72. The smallest absolute Gasteiger partial charge is 0.224 e. The molecule has 0 atom stereocenters. The zero-order valence-electron chi connectivity index (χ0n) is 11.8. The minimum Gasteiger partial charge on any atom is -0.493 e. The highest BCUT2D eigenvalue weighted by atomic mass is 35.5. The summed E-state index contributed by atoms with van der Waals surface area (Å²) >= 11 is 5.99. The van der Waals surface area contributed by atoms with E-state index in [9.17, 15) is 0 Å². The second-order valence-electron chi connectivity index (χ2n) is 4.45. The second-order valence-corrected chi connectivity index (χ2v) is 4.84. The van der Waals surface area contributed by atoms with Gasteiger partial charge in [0.25, 0.3) is 0 Å². The molecular formula is C15H17ClN2O2. The van der Waals surface area contributed by atoms with Crippen molar-refractivity contribution in [2.45, 2.75) is 26.7 Å². The number of halogens is 1. The van der Waals surface area contributed by atoms with E-state index in [4.69, 9.17) is 21.1 Å². The summed E-state index contributed by atoms with van der Waals surface area (Å²) in [6.45, 7) is 4.06. The molecule has 1 aromatic carbocycles. The van der Waals surface area contributed by atoms with Gasteiger partial charge in [-0.25, -0.2) is 4.98 Å². The lowest BCUT2D eigenvalue weighted by Crippen LogP contribution is -1.98. The van der Waals surface area contributed by atoms with Crippen LogP contribution in [0, 0.1) is 6.92 Å². The first-order valence-corrected chi connectivity index (χ1v) is 6.86. The molecule has 1 heterocycles. The van der Waals surface area contributed by atoms with E-state index in [2.05, 4.69) is 16.9 Å². The third-order valence-corrected chi connectivity index (χ3v) is 2.92. The summed E-state index contributed by atoms with van der Waals surface area (Å²) in [6.07, 6.45) is 1.72. The van der Waals surface area contributed by atoms with E-state index in [1.165, 1.54) is 0 Å². The first-order chi connectivity index (χ1) is 9.62. The minimum absolute atomic E-state index is 0.379. The standard InChI is InChI=1S/C15H17ClN2O2/c1-4-5-14-17-13(16)9-15(18-14)20-11-7-6-10(2)8-12(11)19-3/h6-9H,4-5H2,1-3H3. The molecule has 0 saturated heterocycles. The predicted molar refractivity (Wildman–Crippen MR) is 78.8 cm³/mol. The van der Waals surface area contributed by atoms with E-state index in [0.717, 1.165) is 18.4 Å². The molecule has 0 unspecified atom stereocenters. The van der Waals surface area contributed by atoms with Crippen LogP contribution in [-0.4, -0.2) is 17.1 Å². The second kappa shape index (κ2) is 6.57. The van der Waals surface area contributed by atoms with Gasteiger partial charge < -0.3 is 9.47 Å². The molecule has 0 amide bonds. The van der Waals surface area contributed by atoms with Crippen LogP contribution in [0.15, 0.2) is 24.3 Å². The van der Waals surface area contributed by atoms with Gasteiger partial charge in [0.15, 0.2) is 11.5 Å². The number of rotatable bonds is 5. The van der Waals surface area contributed by atoms with Crippen molar-refractivity contribution in [1.29, 1.82) is 0 Å². The van der Waals surface area contributed by atoms with Crippen LogP contribution in [-0.2, 0) is 6.42 Å². The van der Waals surface area contributed by atoms with Crippen molar-refractivity contribution in [3.05, 3.63) is 40.8 Å². The fourth-order valence-electron chi connectivity index (χ4n) is 1.80. The highest BCUT2D eigenvalue weighted by Crippen LogP contribution is 2.32. The van der Waals surface area contributed by atoms with Gasteiger partial charge >= 0.3 is 0 Å². The molecular weight excluding hydrogens is 276 g/mol. The van der Waals surface area contributed by atoms with Gasteiger partial charge in [0.2, 0.25) is 5.88 Å². The number of aromatic nitrogens is 2. The molecule has 106 valence electrons. The molecule has 0 aliphatic heterocycles. The molecule has 2 rings (SSSR count). The van der Waals surface area contributed by atoms with Gasteiger partial charge in [0, 0.05) is 12.5 Å². The average Bonchev–Trinajstić information content (AvgIpc) is 2.40. The van der Waals surface area contributed by atoms with E-state index in [1.54, 1.807) is 13.2 Å². The maximum atomic E-state index is 5.99. The van der Waals surface area contributed by atoms with Crippen LogP contribution in [0.25, 0.3) is 0 Å². The third kappa shape index (κ3) is 3.61. The van der Waals surface area contributed by atoms with E-state index in [1.807, 2.05) is 25.1 Å². The van der Waals surface area contributed by atoms with Crippen molar-refractivity contribution in [1.82, 2.24) is 9.97 Å². The Hall–Kier alpha value is -1.81. The molecule has 0 saturated carbocycles. The topological polar surface area (TPSA) is 44.2 Å². The fraction of sp³-hybridized carbons (Fsp3) is 0.333. The highest BCUT2D eigenvalue weighted by molar-refractivity contribution is 6.29.